The van der Waals surface area contributed by atoms with Gasteiger partial charge >= 0.3 is 0 Å². The van der Waals surface area contributed by atoms with Gasteiger partial charge in [-0.1, -0.05) is 41.1 Å². The SMILES string of the molecule is CCC(N)C(c1ccccc1Br)N1CCCO1. The van der Waals surface area contributed by atoms with Crippen molar-refractivity contribution < 1.29 is 4.84 Å². The molecule has 94 valence electrons. The summed E-state index contributed by atoms with van der Waals surface area (Å²) in [5.41, 5.74) is 7.47. The molecule has 17 heavy (non-hydrogen) atoms. The third kappa shape index (κ3) is 2.88. The highest BCUT2D eigenvalue weighted by Gasteiger charge is 2.30. The molecule has 0 spiro atoms. The van der Waals surface area contributed by atoms with Gasteiger partial charge in [0.1, 0.15) is 0 Å². The normalized spacial score (nSPS) is 20.4. The van der Waals surface area contributed by atoms with Crippen molar-refractivity contribution in [3.05, 3.63) is 34.3 Å². The van der Waals surface area contributed by atoms with Crippen LogP contribution in [-0.2, 0) is 4.84 Å². The van der Waals surface area contributed by atoms with Gasteiger partial charge in [0.05, 0.1) is 12.6 Å². The highest BCUT2D eigenvalue weighted by atomic mass is 79.9. The van der Waals surface area contributed by atoms with Crippen LogP contribution in [0.2, 0.25) is 0 Å². The first kappa shape index (κ1) is 13.0. The van der Waals surface area contributed by atoms with Crippen molar-refractivity contribution in [3.8, 4) is 0 Å². The Balaban J connectivity index is 2.29. The van der Waals surface area contributed by atoms with Crippen molar-refractivity contribution in [2.75, 3.05) is 13.2 Å². The Kier molecular flexibility index (Phi) is 4.56. The van der Waals surface area contributed by atoms with Gasteiger partial charge in [-0.25, -0.2) is 0 Å². The van der Waals surface area contributed by atoms with E-state index in [1.807, 2.05) is 17.2 Å². The molecular weight excluding hydrogens is 280 g/mol. The van der Waals surface area contributed by atoms with Crippen molar-refractivity contribution >= 4 is 15.9 Å². The molecule has 0 radical (unpaired) electrons. The van der Waals surface area contributed by atoms with Crippen LogP contribution in [0.25, 0.3) is 0 Å². The largest absolute Gasteiger partial charge is 0.326 e. The van der Waals surface area contributed by atoms with Crippen molar-refractivity contribution in [2.45, 2.75) is 31.8 Å². The Labute approximate surface area is 111 Å². The number of halogens is 1. The molecule has 0 saturated carbocycles. The monoisotopic (exact) mass is 298 g/mol. The van der Waals surface area contributed by atoms with Crippen molar-refractivity contribution in [3.63, 3.8) is 0 Å². The lowest BCUT2D eigenvalue weighted by molar-refractivity contribution is -0.148. The molecule has 1 saturated heterocycles. The molecule has 1 aromatic carbocycles. The van der Waals surface area contributed by atoms with E-state index in [9.17, 15) is 0 Å². The standard InChI is InChI=1S/C13H19BrN2O/c1-2-12(15)13(16-8-5-9-17-16)10-6-3-4-7-11(10)14/h3-4,6-7,12-13H,2,5,8-9,15H2,1H3. The van der Waals surface area contributed by atoms with E-state index in [1.54, 1.807) is 0 Å². The minimum absolute atomic E-state index is 0.0896. The molecule has 2 unspecified atom stereocenters. The Morgan fingerprint density at radius 3 is 2.82 bits per heavy atom. The molecular formula is C13H19BrN2O. The molecule has 2 atom stereocenters. The highest BCUT2D eigenvalue weighted by molar-refractivity contribution is 9.10. The zero-order valence-corrected chi connectivity index (χ0v) is 11.7. The third-order valence-electron chi connectivity index (χ3n) is 3.19. The summed E-state index contributed by atoms with van der Waals surface area (Å²) < 4.78 is 1.10. The Bertz CT molecular complexity index is 366. The van der Waals surface area contributed by atoms with E-state index in [0.29, 0.717) is 0 Å². The molecule has 2 rings (SSSR count). The average molecular weight is 299 g/mol. The number of hydroxylamine groups is 2. The number of rotatable bonds is 4. The fraction of sp³-hybridized carbons (Fsp3) is 0.538. The van der Waals surface area contributed by atoms with Crippen LogP contribution < -0.4 is 5.73 Å². The van der Waals surface area contributed by atoms with Crippen LogP contribution in [0.3, 0.4) is 0 Å². The number of nitrogens with two attached hydrogens (primary N) is 1. The second kappa shape index (κ2) is 5.96. The molecule has 1 aliphatic heterocycles. The van der Waals surface area contributed by atoms with Gasteiger partial charge in [-0.2, -0.15) is 5.06 Å². The highest BCUT2D eigenvalue weighted by Crippen LogP contribution is 2.32. The summed E-state index contributed by atoms with van der Waals surface area (Å²) in [5, 5.41) is 2.04. The molecule has 3 nitrogen and oxygen atoms in total. The average Bonchev–Trinajstić information content (AvgIpc) is 2.85. The summed E-state index contributed by atoms with van der Waals surface area (Å²) >= 11 is 3.60. The summed E-state index contributed by atoms with van der Waals surface area (Å²) in [6, 6.07) is 8.47. The quantitative estimate of drug-likeness (QED) is 0.929. The summed E-state index contributed by atoms with van der Waals surface area (Å²) in [4.78, 5) is 5.68. The van der Waals surface area contributed by atoms with E-state index in [0.717, 1.165) is 30.5 Å². The first-order valence-corrected chi connectivity index (χ1v) is 6.93. The van der Waals surface area contributed by atoms with Crippen LogP contribution in [-0.4, -0.2) is 24.3 Å². The van der Waals surface area contributed by atoms with E-state index in [4.69, 9.17) is 10.6 Å². The lowest BCUT2D eigenvalue weighted by Gasteiger charge is -2.31. The summed E-state index contributed by atoms with van der Waals surface area (Å²) in [6.07, 6.45) is 2.02. The fourth-order valence-electron chi connectivity index (χ4n) is 2.22. The molecule has 1 aromatic rings. The molecule has 0 aromatic heterocycles. The van der Waals surface area contributed by atoms with Crippen LogP contribution in [0, 0.1) is 0 Å². The fourth-order valence-corrected chi connectivity index (χ4v) is 2.74. The van der Waals surface area contributed by atoms with E-state index >= 15 is 0 Å². The maximum Gasteiger partial charge on any atom is 0.0763 e. The van der Waals surface area contributed by atoms with Gasteiger partial charge in [0, 0.05) is 17.1 Å². The van der Waals surface area contributed by atoms with E-state index in [-0.39, 0.29) is 12.1 Å². The summed E-state index contributed by atoms with van der Waals surface area (Å²) in [6.45, 7) is 3.88. The molecule has 0 amide bonds. The lowest BCUT2D eigenvalue weighted by Crippen LogP contribution is -2.39. The molecule has 0 bridgehead atoms. The first-order chi connectivity index (χ1) is 8.24. The minimum atomic E-state index is 0.0896. The van der Waals surface area contributed by atoms with Gasteiger partial charge in [0.25, 0.3) is 0 Å². The second-order valence-corrected chi connectivity index (χ2v) is 5.22. The Hall–Kier alpha value is -0.420. The van der Waals surface area contributed by atoms with Crippen LogP contribution in [0.5, 0.6) is 0 Å². The van der Waals surface area contributed by atoms with E-state index in [2.05, 4.69) is 35.0 Å². The predicted octanol–water partition coefficient (Wildman–Crippen LogP) is 2.86. The topological polar surface area (TPSA) is 38.5 Å². The van der Waals surface area contributed by atoms with Crippen LogP contribution >= 0.6 is 15.9 Å². The minimum Gasteiger partial charge on any atom is -0.326 e. The molecule has 1 heterocycles. The Morgan fingerprint density at radius 1 is 1.47 bits per heavy atom. The van der Waals surface area contributed by atoms with Gasteiger partial charge in [-0.05, 0) is 24.5 Å². The molecule has 0 aliphatic carbocycles. The van der Waals surface area contributed by atoms with Gasteiger partial charge in [0.2, 0.25) is 0 Å². The van der Waals surface area contributed by atoms with Gasteiger partial charge < -0.3 is 5.73 Å². The number of hydrogen-bond acceptors (Lipinski definition) is 3. The zero-order valence-electron chi connectivity index (χ0n) is 10.1. The van der Waals surface area contributed by atoms with E-state index < -0.39 is 0 Å². The van der Waals surface area contributed by atoms with Crippen molar-refractivity contribution in [2.24, 2.45) is 5.73 Å². The van der Waals surface area contributed by atoms with Crippen molar-refractivity contribution in [1.82, 2.24) is 5.06 Å². The van der Waals surface area contributed by atoms with Gasteiger partial charge in [-0.3, -0.25) is 4.84 Å². The Morgan fingerprint density at radius 2 is 2.24 bits per heavy atom. The maximum absolute atomic E-state index is 6.26. The lowest BCUT2D eigenvalue weighted by atomic mass is 9.97. The summed E-state index contributed by atoms with van der Waals surface area (Å²) in [5.74, 6) is 0. The zero-order chi connectivity index (χ0) is 12.3. The van der Waals surface area contributed by atoms with Crippen molar-refractivity contribution in [1.29, 1.82) is 0 Å². The smallest absolute Gasteiger partial charge is 0.0763 e. The van der Waals surface area contributed by atoms with Gasteiger partial charge in [-0.15, -0.1) is 0 Å². The number of hydrogen-bond donors (Lipinski definition) is 1. The molecule has 1 aliphatic rings. The molecule has 1 fully saturated rings. The first-order valence-electron chi connectivity index (χ1n) is 6.13. The number of nitrogens with zero attached hydrogens (tertiary/aromatic N) is 1. The predicted molar refractivity (Wildman–Crippen MR) is 72.4 cm³/mol. The second-order valence-electron chi connectivity index (χ2n) is 4.37. The van der Waals surface area contributed by atoms with Crippen LogP contribution in [0.15, 0.2) is 28.7 Å². The van der Waals surface area contributed by atoms with Gasteiger partial charge in [0.15, 0.2) is 0 Å². The van der Waals surface area contributed by atoms with Crippen LogP contribution in [0.1, 0.15) is 31.4 Å². The van der Waals surface area contributed by atoms with E-state index in [1.165, 1.54) is 5.56 Å². The summed E-state index contributed by atoms with van der Waals surface area (Å²) in [7, 11) is 0. The molecule has 2 N–H and O–H groups in total. The third-order valence-corrected chi connectivity index (χ3v) is 3.91. The number of benzene rings is 1. The molecule has 4 heteroatoms. The van der Waals surface area contributed by atoms with Crippen LogP contribution in [0.4, 0.5) is 0 Å². The maximum atomic E-state index is 6.26.